The quantitative estimate of drug-likeness (QED) is 0.859. The molecule has 1 N–H and O–H groups in total. The first-order valence-electron chi connectivity index (χ1n) is 8.47. The van der Waals surface area contributed by atoms with Crippen molar-refractivity contribution in [1.29, 1.82) is 0 Å². The highest BCUT2D eigenvalue weighted by molar-refractivity contribution is 5.41. The molecule has 22 heavy (non-hydrogen) atoms. The Kier molecular flexibility index (Phi) is 4.63. The van der Waals surface area contributed by atoms with Crippen LogP contribution in [0.1, 0.15) is 49.3 Å². The van der Waals surface area contributed by atoms with E-state index in [-0.39, 0.29) is 6.10 Å². The Labute approximate surface area is 134 Å². The summed E-state index contributed by atoms with van der Waals surface area (Å²) in [6.07, 6.45) is 2.82. The molecule has 116 valence electrons. The average molecular weight is 294 g/mol. The number of aryl methyl sites for hydroxylation is 1. The van der Waals surface area contributed by atoms with E-state index >= 15 is 0 Å². The number of aliphatic hydroxyl groups is 1. The predicted octanol–water partition coefficient (Wildman–Crippen LogP) is 4.79. The summed E-state index contributed by atoms with van der Waals surface area (Å²) in [6, 6.07) is 19.5. The third-order valence-electron chi connectivity index (χ3n) is 4.93. The molecular formula is C21H26O. The zero-order chi connectivity index (χ0) is 15.5. The predicted molar refractivity (Wildman–Crippen MR) is 92.0 cm³/mol. The van der Waals surface area contributed by atoms with Gasteiger partial charge in [-0.1, -0.05) is 68.4 Å². The molecule has 0 heterocycles. The van der Waals surface area contributed by atoms with Crippen LogP contribution >= 0.6 is 0 Å². The zero-order valence-corrected chi connectivity index (χ0v) is 13.6. The van der Waals surface area contributed by atoms with Gasteiger partial charge >= 0.3 is 0 Å². The summed E-state index contributed by atoms with van der Waals surface area (Å²) in [6.45, 7) is 4.38. The maximum Gasteiger partial charge on any atom is 0.0580 e. The van der Waals surface area contributed by atoms with Crippen molar-refractivity contribution in [1.82, 2.24) is 0 Å². The van der Waals surface area contributed by atoms with Crippen LogP contribution in [-0.4, -0.2) is 11.2 Å². The second kappa shape index (κ2) is 6.66. The van der Waals surface area contributed by atoms with E-state index in [0.29, 0.717) is 17.8 Å². The van der Waals surface area contributed by atoms with E-state index in [4.69, 9.17) is 0 Å². The zero-order valence-electron chi connectivity index (χ0n) is 13.6. The molecule has 0 saturated carbocycles. The Hall–Kier alpha value is -1.60. The highest BCUT2D eigenvalue weighted by atomic mass is 16.3. The van der Waals surface area contributed by atoms with Crippen LogP contribution in [0.3, 0.4) is 0 Å². The summed E-state index contributed by atoms with van der Waals surface area (Å²) in [4.78, 5) is 0. The van der Waals surface area contributed by atoms with Gasteiger partial charge in [0.15, 0.2) is 0 Å². The van der Waals surface area contributed by atoms with Crippen molar-refractivity contribution in [3.63, 3.8) is 0 Å². The molecule has 0 fully saturated rings. The highest BCUT2D eigenvalue weighted by Gasteiger charge is 2.35. The van der Waals surface area contributed by atoms with Crippen molar-refractivity contribution in [2.24, 2.45) is 11.8 Å². The summed E-state index contributed by atoms with van der Waals surface area (Å²) in [5, 5.41) is 10.8. The number of fused-ring (bicyclic) bond motifs is 1. The van der Waals surface area contributed by atoms with Crippen molar-refractivity contribution in [3.05, 3.63) is 71.3 Å². The van der Waals surface area contributed by atoms with E-state index in [1.807, 2.05) is 0 Å². The smallest absolute Gasteiger partial charge is 0.0580 e. The summed E-state index contributed by atoms with van der Waals surface area (Å²) in [5.74, 6) is 1.17. The lowest BCUT2D eigenvalue weighted by atomic mass is 9.69. The topological polar surface area (TPSA) is 20.2 Å². The Morgan fingerprint density at radius 1 is 1.00 bits per heavy atom. The minimum absolute atomic E-state index is 0.224. The molecule has 1 aliphatic rings. The first-order chi connectivity index (χ1) is 10.7. The maximum atomic E-state index is 10.8. The molecule has 0 unspecified atom stereocenters. The minimum atomic E-state index is -0.224. The lowest BCUT2D eigenvalue weighted by Crippen LogP contribution is -2.32. The van der Waals surface area contributed by atoms with Crippen LogP contribution in [-0.2, 0) is 6.42 Å². The van der Waals surface area contributed by atoms with Crippen LogP contribution in [0, 0.1) is 11.8 Å². The van der Waals surface area contributed by atoms with Crippen LogP contribution in [0.5, 0.6) is 0 Å². The lowest BCUT2D eigenvalue weighted by Gasteiger charge is -2.37. The molecule has 1 nitrogen and oxygen atoms in total. The van der Waals surface area contributed by atoms with Gasteiger partial charge in [0.1, 0.15) is 0 Å². The summed E-state index contributed by atoms with van der Waals surface area (Å²) in [7, 11) is 0. The number of benzene rings is 2. The average Bonchev–Trinajstić information content (AvgIpc) is 2.54. The van der Waals surface area contributed by atoms with Gasteiger partial charge in [0.2, 0.25) is 0 Å². The molecule has 0 spiro atoms. The van der Waals surface area contributed by atoms with Gasteiger partial charge < -0.3 is 5.11 Å². The second-order valence-corrected chi connectivity index (χ2v) is 6.99. The van der Waals surface area contributed by atoms with Crippen molar-refractivity contribution < 1.29 is 5.11 Å². The van der Waals surface area contributed by atoms with Crippen LogP contribution in [0.15, 0.2) is 54.6 Å². The normalized spacial score (nSPS) is 22.4. The Morgan fingerprint density at radius 3 is 2.41 bits per heavy atom. The van der Waals surface area contributed by atoms with Crippen LogP contribution in [0.2, 0.25) is 0 Å². The fraction of sp³-hybridized carbons (Fsp3) is 0.429. The van der Waals surface area contributed by atoms with Gasteiger partial charge in [0.25, 0.3) is 0 Å². The van der Waals surface area contributed by atoms with Crippen molar-refractivity contribution in [2.75, 3.05) is 0 Å². The van der Waals surface area contributed by atoms with E-state index in [1.54, 1.807) is 0 Å². The molecule has 1 aliphatic carbocycles. The van der Waals surface area contributed by atoms with Crippen molar-refractivity contribution in [2.45, 2.75) is 45.1 Å². The van der Waals surface area contributed by atoms with E-state index in [2.05, 4.69) is 68.4 Å². The first kappa shape index (κ1) is 15.3. The highest BCUT2D eigenvalue weighted by Crippen LogP contribution is 2.43. The van der Waals surface area contributed by atoms with Gasteiger partial charge in [0, 0.05) is 5.92 Å². The standard InChI is InChI=1S/C21H26O/c1-15(2)14-20(22)19-13-12-16-8-6-7-11-18(16)21(19)17-9-4-3-5-10-17/h3-11,15,19-22H,12-14H2,1-2H3/t19-,20-,21+/m1/s1. The summed E-state index contributed by atoms with van der Waals surface area (Å²) in [5.41, 5.74) is 4.19. The fourth-order valence-corrected chi connectivity index (χ4v) is 3.94. The molecule has 0 amide bonds. The molecule has 0 aromatic heterocycles. The van der Waals surface area contributed by atoms with Gasteiger partial charge in [-0.2, -0.15) is 0 Å². The summed E-state index contributed by atoms with van der Waals surface area (Å²) < 4.78 is 0. The number of hydrogen-bond acceptors (Lipinski definition) is 1. The number of rotatable bonds is 4. The van der Waals surface area contributed by atoms with Gasteiger partial charge in [-0.05, 0) is 47.8 Å². The third kappa shape index (κ3) is 3.10. The van der Waals surface area contributed by atoms with Crippen LogP contribution in [0.4, 0.5) is 0 Å². The van der Waals surface area contributed by atoms with Gasteiger partial charge in [-0.15, -0.1) is 0 Å². The molecular weight excluding hydrogens is 268 g/mol. The van der Waals surface area contributed by atoms with Crippen molar-refractivity contribution in [3.8, 4) is 0 Å². The lowest BCUT2D eigenvalue weighted by molar-refractivity contribution is 0.0702. The molecule has 0 radical (unpaired) electrons. The van der Waals surface area contributed by atoms with Crippen LogP contribution in [0.25, 0.3) is 0 Å². The Bertz CT molecular complexity index is 602. The van der Waals surface area contributed by atoms with Crippen molar-refractivity contribution >= 4 is 0 Å². The van der Waals surface area contributed by atoms with E-state index < -0.39 is 0 Å². The van der Waals surface area contributed by atoms with Gasteiger partial charge in [-0.25, -0.2) is 0 Å². The minimum Gasteiger partial charge on any atom is -0.393 e. The molecule has 3 rings (SSSR count). The monoisotopic (exact) mass is 294 g/mol. The molecule has 0 aliphatic heterocycles. The van der Waals surface area contributed by atoms with E-state index in [1.165, 1.54) is 16.7 Å². The van der Waals surface area contributed by atoms with Crippen LogP contribution < -0.4 is 0 Å². The molecule has 0 saturated heterocycles. The van der Waals surface area contributed by atoms with Gasteiger partial charge in [0.05, 0.1) is 6.10 Å². The molecule has 2 aromatic carbocycles. The number of hydrogen-bond donors (Lipinski definition) is 1. The Balaban J connectivity index is 2.00. The third-order valence-corrected chi connectivity index (χ3v) is 4.93. The largest absolute Gasteiger partial charge is 0.393 e. The maximum absolute atomic E-state index is 10.8. The van der Waals surface area contributed by atoms with Gasteiger partial charge in [-0.3, -0.25) is 0 Å². The SMILES string of the molecule is CC(C)C[C@@H](O)[C@H]1CCc2ccccc2[C@@H]1c1ccccc1. The second-order valence-electron chi connectivity index (χ2n) is 6.99. The molecule has 3 atom stereocenters. The first-order valence-corrected chi connectivity index (χ1v) is 8.47. The molecule has 0 bridgehead atoms. The van der Waals surface area contributed by atoms with E-state index in [0.717, 1.165) is 19.3 Å². The fourth-order valence-electron chi connectivity index (χ4n) is 3.94. The molecule has 2 aromatic rings. The molecule has 1 heteroatoms. The number of aliphatic hydroxyl groups excluding tert-OH is 1. The summed E-state index contributed by atoms with van der Waals surface area (Å²) >= 11 is 0. The van der Waals surface area contributed by atoms with E-state index in [9.17, 15) is 5.11 Å². The Morgan fingerprint density at radius 2 is 1.68 bits per heavy atom.